The summed E-state index contributed by atoms with van der Waals surface area (Å²) in [5.74, 6) is 0.277. The minimum absolute atomic E-state index is 0.277. The third-order valence-corrected chi connectivity index (χ3v) is 5.56. The molecule has 1 atom stereocenters. The van der Waals surface area contributed by atoms with E-state index >= 15 is 0 Å². The van der Waals surface area contributed by atoms with Crippen LogP contribution >= 0.6 is 11.8 Å². The van der Waals surface area contributed by atoms with Gasteiger partial charge in [0.05, 0.1) is 6.42 Å². The first kappa shape index (κ1) is 15.8. The number of rotatable bonds is 4. The minimum Gasteiger partial charge on any atom is -0.341 e. The molecule has 1 unspecified atom stereocenters. The van der Waals surface area contributed by atoms with Gasteiger partial charge in [-0.2, -0.15) is 0 Å². The van der Waals surface area contributed by atoms with Gasteiger partial charge >= 0.3 is 0 Å². The van der Waals surface area contributed by atoms with Gasteiger partial charge in [-0.1, -0.05) is 18.2 Å². The van der Waals surface area contributed by atoms with Gasteiger partial charge in [-0.15, -0.1) is 11.8 Å². The lowest BCUT2D eigenvalue weighted by molar-refractivity contribution is -0.129. The van der Waals surface area contributed by atoms with Gasteiger partial charge in [-0.3, -0.25) is 9.69 Å². The molecule has 5 heteroatoms. The Morgan fingerprint density at radius 3 is 2.82 bits per heavy atom. The average Bonchev–Trinajstić information content (AvgIpc) is 3.06. The molecular weight excluding hydrogens is 294 g/mol. The minimum atomic E-state index is 0.277. The highest BCUT2D eigenvalue weighted by atomic mass is 32.2. The molecule has 0 saturated carbocycles. The summed E-state index contributed by atoms with van der Waals surface area (Å²) in [6, 6.07) is 8.79. The number of piperazine rings is 1. The molecule has 2 heterocycles. The van der Waals surface area contributed by atoms with Crippen LogP contribution in [0.3, 0.4) is 0 Å². The van der Waals surface area contributed by atoms with Gasteiger partial charge in [0.25, 0.3) is 0 Å². The lowest BCUT2D eigenvalue weighted by Gasteiger charge is -2.32. The average molecular weight is 319 g/mol. The summed E-state index contributed by atoms with van der Waals surface area (Å²) in [6.07, 6.45) is 3.72. The quantitative estimate of drug-likeness (QED) is 0.852. The van der Waals surface area contributed by atoms with E-state index in [0.29, 0.717) is 12.5 Å². The number of carbonyl (C=O) groups excluding carboxylic acids is 1. The molecule has 0 spiro atoms. The Hall–Kier alpha value is -1.04. The lowest BCUT2D eigenvalue weighted by Crippen LogP contribution is -2.49. The van der Waals surface area contributed by atoms with Crippen molar-refractivity contribution in [2.45, 2.75) is 23.8 Å². The molecule has 2 fully saturated rings. The molecule has 4 nitrogen and oxygen atoms in total. The Morgan fingerprint density at radius 1 is 1.27 bits per heavy atom. The van der Waals surface area contributed by atoms with Crippen molar-refractivity contribution in [3.05, 3.63) is 29.8 Å². The molecule has 0 aromatic heterocycles. The zero-order valence-corrected chi connectivity index (χ0v) is 14.1. The van der Waals surface area contributed by atoms with Crippen LogP contribution in [0.4, 0.5) is 0 Å². The molecule has 0 radical (unpaired) electrons. The Morgan fingerprint density at radius 2 is 2.05 bits per heavy atom. The van der Waals surface area contributed by atoms with E-state index in [1.54, 1.807) is 11.8 Å². The highest BCUT2D eigenvalue weighted by molar-refractivity contribution is 7.98. The molecule has 120 valence electrons. The maximum Gasteiger partial charge on any atom is 0.227 e. The molecule has 1 aromatic rings. The smallest absolute Gasteiger partial charge is 0.227 e. The monoisotopic (exact) mass is 319 g/mol. The van der Waals surface area contributed by atoms with Crippen molar-refractivity contribution in [2.75, 3.05) is 45.5 Å². The Bertz CT molecular complexity index is 516. The Labute approximate surface area is 137 Å². The van der Waals surface area contributed by atoms with Gasteiger partial charge in [-0.05, 0) is 24.3 Å². The number of nitrogens with one attached hydrogen (secondary N) is 1. The summed E-state index contributed by atoms with van der Waals surface area (Å²) >= 11 is 1.72. The van der Waals surface area contributed by atoms with E-state index < -0.39 is 0 Å². The molecule has 1 N–H and O–H groups in total. The summed E-state index contributed by atoms with van der Waals surface area (Å²) in [7, 11) is 0. The van der Waals surface area contributed by atoms with E-state index in [1.807, 2.05) is 12.1 Å². The highest BCUT2D eigenvalue weighted by Crippen LogP contribution is 2.22. The maximum atomic E-state index is 12.6. The number of nitrogens with zero attached hydrogens (tertiary/aromatic N) is 2. The molecule has 22 heavy (non-hydrogen) atoms. The van der Waals surface area contributed by atoms with Crippen LogP contribution in [-0.2, 0) is 11.2 Å². The van der Waals surface area contributed by atoms with Crippen LogP contribution in [0, 0.1) is 0 Å². The molecular formula is C17H25N3OS. The molecule has 1 aromatic carbocycles. The molecule has 1 amide bonds. The van der Waals surface area contributed by atoms with Gasteiger partial charge in [0.1, 0.15) is 0 Å². The van der Waals surface area contributed by atoms with Crippen LogP contribution in [0.5, 0.6) is 0 Å². The predicted molar refractivity (Wildman–Crippen MR) is 91.4 cm³/mol. The summed E-state index contributed by atoms with van der Waals surface area (Å²) in [4.78, 5) is 18.4. The largest absolute Gasteiger partial charge is 0.341 e. The number of likely N-dealkylation sites (tertiary alicyclic amines) is 1. The summed E-state index contributed by atoms with van der Waals surface area (Å²) < 4.78 is 0. The first-order valence-corrected chi connectivity index (χ1v) is 9.35. The highest BCUT2D eigenvalue weighted by Gasteiger charge is 2.30. The van der Waals surface area contributed by atoms with E-state index in [-0.39, 0.29) is 5.91 Å². The van der Waals surface area contributed by atoms with Crippen LogP contribution in [-0.4, -0.2) is 67.3 Å². The molecule has 0 aliphatic carbocycles. The second-order valence-corrected chi connectivity index (χ2v) is 6.90. The number of hydrogen-bond donors (Lipinski definition) is 1. The van der Waals surface area contributed by atoms with Crippen LogP contribution < -0.4 is 5.32 Å². The van der Waals surface area contributed by atoms with Gasteiger partial charge < -0.3 is 10.2 Å². The van der Waals surface area contributed by atoms with E-state index in [9.17, 15) is 4.79 Å². The second kappa shape index (κ2) is 7.49. The van der Waals surface area contributed by atoms with Gasteiger partial charge in [-0.25, -0.2) is 0 Å². The lowest BCUT2D eigenvalue weighted by atomic mass is 10.1. The van der Waals surface area contributed by atoms with Crippen molar-refractivity contribution in [1.82, 2.24) is 15.1 Å². The third kappa shape index (κ3) is 3.65. The number of hydrogen-bond acceptors (Lipinski definition) is 4. The fraction of sp³-hybridized carbons (Fsp3) is 0.588. The number of thioether (sulfide) groups is 1. The zero-order chi connectivity index (χ0) is 15.4. The molecule has 0 bridgehead atoms. The first-order valence-electron chi connectivity index (χ1n) is 8.12. The van der Waals surface area contributed by atoms with E-state index in [0.717, 1.165) is 51.3 Å². The SMILES string of the molecule is CSc1ccccc1CC(=O)N1CCC(N2CCNCC2)C1. The number of benzene rings is 1. The van der Waals surface area contributed by atoms with Gasteiger partial charge in [0.2, 0.25) is 5.91 Å². The molecule has 2 aliphatic rings. The van der Waals surface area contributed by atoms with Crippen LogP contribution in [0.1, 0.15) is 12.0 Å². The normalized spacial score (nSPS) is 23.0. The van der Waals surface area contributed by atoms with Gasteiger partial charge in [0, 0.05) is 50.2 Å². The van der Waals surface area contributed by atoms with Gasteiger partial charge in [0.15, 0.2) is 0 Å². The summed E-state index contributed by atoms with van der Waals surface area (Å²) in [5.41, 5.74) is 1.16. The molecule has 2 saturated heterocycles. The second-order valence-electron chi connectivity index (χ2n) is 6.06. The topological polar surface area (TPSA) is 35.6 Å². The zero-order valence-electron chi connectivity index (χ0n) is 13.3. The van der Waals surface area contributed by atoms with Crippen molar-refractivity contribution in [3.8, 4) is 0 Å². The van der Waals surface area contributed by atoms with Crippen molar-refractivity contribution >= 4 is 17.7 Å². The number of amides is 1. The third-order valence-electron chi connectivity index (χ3n) is 4.72. The van der Waals surface area contributed by atoms with Crippen LogP contribution in [0.25, 0.3) is 0 Å². The Balaban J connectivity index is 1.57. The van der Waals surface area contributed by atoms with Crippen molar-refractivity contribution in [3.63, 3.8) is 0 Å². The molecule has 3 rings (SSSR count). The van der Waals surface area contributed by atoms with Crippen LogP contribution in [0.15, 0.2) is 29.2 Å². The van der Waals surface area contributed by atoms with Crippen molar-refractivity contribution < 1.29 is 4.79 Å². The number of carbonyl (C=O) groups is 1. The van der Waals surface area contributed by atoms with Crippen molar-refractivity contribution in [2.24, 2.45) is 0 Å². The maximum absolute atomic E-state index is 12.6. The predicted octanol–water partition coefficient (Wildman–Crippen LogP) is 1.46. The summed E-state index contributed by atoms with van der Waals surface area (Å²) in [5, 5.41) is 3.39. The van der Waals surface area contributed by atoms with E-state index in [1.165, 1.54) is 4.90 Å². The van der Waals surface area contributed by atoms with Crippen molar-refractivity contribution in [1.29, 1.82) is 0 Å². The summed E-state index contributed by atoms with van der Waals surface area (Å²) in [6.45, 7) is 6.19. The van der Waals surface area contributed by atoms with E-state index in [2.05, 4.69) is 33.5 Å². The standard InChI is InChI=1S/C17H25N3OS/c1-22-16-5-3-2-4-14(16)12-17(21)20-9-6-15(13-20)19-10-7-18-8-11-19/h2-5,15,18H,6-13H2,1H3. The first-order chi connectivity index (χ1) is 10.8. The fourth-order valence-electron chi connectivity index (χ4n) is 3.44. The fourth-order valence-corrected chi connectivity index (χ4v) is 4.05. The molecule has 2 aliphatic heterocycles. The van der Waals surface area contributed by atoms with E-state index in [4.69, 9.17) is 0 Å². The van der Waals surface area contributed by atoms with Crippen LogP contribution in [0.2, 0.25) is 0 Å². The Kier molecular flexibility index (Phi) is 5.39.